The third-order valence-electron chi connectivity index (χ3n) is 6.08. The molecule has 2 saturated carbocycles. The Kier molecular flexibility index (Phi) is 3.21. The maximum Gasteiger partial charge on any atom is 0.164 e. The Morgan fingerprint density at radius 1 is 1.24 bits per heavy atom. The smallest absolute Gasteiger partial charge is 0.164 e. The van der Waals surface area contributed by atoms with Crippen LogP contribution in [0.4, 0.5) is 0 Å². The van der Waals surface area contributed by atoms with Crippen molar-refractivity contribution in [3.05, 3.63) is 12.2 Å². The first-order valence-electron chi connectivity index (χ1n) is 8.12. The maximum atomic E-state index is 12.8. The first-order chi connectivity index (χ1) is 9.56. The molecule has 3 aliphatic rings. The van der Waals surface area contributed by atoms with Gasteiger partial charge in [0.15, 0.2) is 5.79 Å². The minimum Gasteiger partial charge on any atom is -0.344 e. The highest BCUT2D eigenvalue weighted by Crippen LogP contribution is 2.57. The van der Waals surface area contributed by atoms with Gasteiger partial charge in [-0.25, -0.2) is 0 Å². The fraction of sp³-hybridized carbons (Fsp3) is 0.833. The fourth-order valence-electron chi connectivity index (χ4n) is 4.76. The second kappa shape index (κ2) is 4.42. The number of hydrogen-bond donors (Lipinski definition) is 0. The van der Waals surface area contributed by atoms with Crippen LogP contribution in [-0.4, -0.2) is 23.3 Å². The number of hydrogen-bond acceptors (Lipinski definition) is 3. The third-order valence-corrected chi connectivity index (χ3v) is 6.08. The summed E-state index contributed by atoms with van der Waals surface area (Å²) in [7, 11) is 0. The van der Waals surface area contributed by atoms with Gasteiger partial charge in [0, 0.05) is 11.8 Å². The Bertz CT molecular complexity index is 495. The molecule has 0 bridgehead atoms. The second-order valence-corrected chi connectivity index (χ2v) is 8.35. The number of rotatable bonds is 1. The van der Waals surface area contributed by atoms with Crippen molar-refractivity contribution >= 4 is 5.78 Å². The van der Waals surface area contributed by atoms with Gasteiger partial charge in [-0.05, 0) is 58.8 Å². The molecule has 3 rings (SSSR count). The van der Waals surface area contributed by atoms with Gasteiger partial charge < -0.3 is 9.47 Å². The molecule has 3 heteroatoms. The summed E-state index contributed by atoms with van der Waals surface area (Å²) in [4.78, 5) is 12.8. The Balaban J connectivity index is 1.90. The van der Waals surface area contributed by atoms with E-state index in [1.807, 2.05) is 20.8 Å². The van der Waals surface area contributed by atoms with Crippen molar-refractivity contribution in [2.24, 2.45) is 17.3 Å². The second-order valence-electron chi connectivity index (χ2n) is 8.35. The molecule has 1 saturated heterocycles. The van der Waals surface area contributed by atoms with Crippen LogP contribution in [0.5, 0.6) is 0 Å². The number of carbonyl (C=O) groups is 1. The van der Waals surface area contributed by atoms with Gasteiger partial charge in [-0.15, -0.1) is 0 Å². The zero-order valence-electron chi connectivity index (χ0n) is 14.0. The van der Waals surface area contributed by atoms with E-state index in [4.69, 9.17) is 9.47 Å². The molecule has 0 radical (unpaired) electrons. The zero-order chi connectivity index (χ0) is 15.6. The Hall–Kier alpha value is -0.670. The largest absolute Gasteiger partial charge is 0.344 e. The van der Waals surface area contributed by atoms with Gasteiger partial charge in [0.2, 0.25) is 0 Å². The standard InChI is InChI=1S/C18H28O3/c1-11(2)12-7-13-9-18(6)15(20-16(3,4)21-18)10-17(13,5)14(19)8-12/h12-13,15H,1,7-10H2,2-6H3/t12-,13+,15-,17-,18+/m1/s1. The highest BCUT2D eigenvalue weighted by Gasteiger charge is 2.61. The number of fused-ring (bicyclic) bond motifs is 2. The number of carbonyl (C=O) groups excluding carboxylic acids is 1. The van der Waals surface area contributed by atoms with E-state index in [2.05, 4.69) is 20.4 Å². The molecule has 2 aliphatic carbocycles. The van der Waals surface area contributed by atoms with Crippen molar-refractivity contribution in [3.63, 3.8) is 0 Å². The SMILES string of the molecule is C=C(C)[C@H]1CC(=O)[C@]2(C)C[C@H]3OC(C)(C)O[C@@]3(C)C[C@@H]2C1. The summed E-state index contributed by atoms with van der Waals surface area (Å²) in [6.45, 7) is 14.4. The number of ketones is 1. The van der Waals surface area contributed by atoms with Crippen LogP contribution in [-0.2, 0) is 14.3 Å². The molecule has 1 heterocycles. The van der Waals surface area contributed by atoms with E-state index >= 15 is 0 Å². The van der Waals surface area contributed by atoms with E-state index < -0.39 is 5.79 Å². The Labute approximate surface area is 128 Å². The van der Waals surface area contributed by atoms with E-state index in [0.29, 0.717) is 24.0 Å². The number of allylic oxidation sites excluding steroid dienone is 1. The average molecular weight is 292 g/mol. The van der Waals surface area contributed by atoms with Crippen LogP contribution in [0.15, 0.2) is 12.2 Å². The van der Waals surface area contributed by atoms with E-state index in [-0.39, 0.29) is 17.1 Å². The normalized spacial score (nSPS) is 48.6. The molecule has 118 valence electrons. The molecular formula is C18H28O3. The lowest BCUT2D eigenvalue weighted by molar-refractivity contribution is -0.162. The first kappa shape index (κ1) is 15.2. The Morgan fingerprint density at radius 2 is 1.90 bits per heavy atom. The summed E-state index contributed by atoms with van der Waals surface area (Å²) in [5.41, 5.74) is 0.631. The van der Waals surface area contributed by atoms with Crippen molar-refractivity contribution in [1.82, 2.24) is 0 Å². The summed E-state index contributed by atoms with van der Waals surface area (Å²) >= 11 is 0. The van der Waals surface area contributed by atoms with E-state index in [9.17, 15) is 4.79 Å². The van der Waals surface area contributed by atoms with Crippen LogP contribution < -0.4 is 0 Å². The minimum absolute atomic E-state index is 0.0269. The highest BCUT2D eigenvalue weighted by molar-refractivity contribution is 5.86. The van der Waals surface area contributed by atoms with Crippen LogP contribution in [0, 0.1) is 17.3 Å². The molecule has 0 aromatic carbocycles. The number of Topliss-reactive ketones (excluding diaryl/α,β-unsaturated/α-hetero) is 1. The van der Waals surface area contributed by atoms with Crippen molar-refractivity contribution in [1.29, 1.82) is 0 Å². The van der Waals surface area contributed by atoms with Crippen LogP contribution in [0.2, 0.25) is 0 Å². The van der Waals surface area contributed by atoms with Crippen molar-refractivity contribution in [3.8, 4) is 0 Å². The molecule has 3 nitrogen and oxygen atoms in total. The van der Waals surface area contributed by atoms with E-state index in [1.54, 1.807) is 0 Å². The molecule has 0 unspecified atom stereocenters. The molecule has 21 heavy (non-hydrogen) atoms. The zero-order valence-corrected chi connectivity index (χ0v) is 14.0. The lowest BCUT2D eigenvalue weighted by Gasteiger charge is -2.52. The monoisotopic (exact) mass is 292 g/mol. The molecule has 0 spiro atoms. The molecule has 0 aromatic rings. The van der Waals surface area contributed by atoms with Gasteiger partial charge in [-0.3, -0.25) is 4.79 Å². The van der Waals surface area contributed by atoms with Crippen molar-refractivity contribution < 1.29 is 14.3 Å². The molecule has 1 aliphatic heterocycles. The van der Waals surface area contributed by atoms with Gasteiger partial charge in [0.1, 0.15) is 5.78 Å². The lowest BCUT2D eigenvalue weighted by Crippen LogP contribution is -2.55. The van der Waals surface area contributed by atoms with Gasteiger partial charge in [-0.1, -0.05) is 19.1 Å². The molecule has 0 amide bonds. The average Bonchev–Trinajstić information content (AvgIpc) is 2.55. The number of ether oxygens (including phenoxy) is 2. The van der Waals surface area contributed by atoms with Crippen molar-refractivity contribution in [2.75, 3.05) is 0 Å². The summed E-state index contributed by atoms with van der Waals surface area (Å²) in [5.74, 6) is 0.562. The van der Waals surface area contributed by atoms with Gasteiger partial charge >= 0.3 is 0 Å². The Morgan fingerprint density at radius 3 is 2.52 bits per heavy atom. The minimum atomic E-state index is -0.542. The summed E-state index contributed by atoms with van der Waals surface area (Å²) in [6.07, 6.45) is 3.44. The molecule has 5 atom stereocenters. The van der Waals surface area contributed by atoms with Gasteiger partial charge in [-0.2, -0.15) is 0 Å². The van der Waals surface area contributed by atoms with Crippen molar-refractivity contribution in [2.45, 2.75) is 77.8 Å². The molecule has 0 aromatic heterocycles. The summed E-state index contributed by atoms with van der Waals surface area (Å²) < 4.78 is 12.3. The predicted molar refractivity (Wildman–Crippen MR) is 81.8 cm³/mol. The van der Waals surface area contributed by atoms with Crippen LogP contribution in [0.25, 0.3) is 0 Å². The van der Waals surface area contributed by atoms with E-state index in [0.717, 1.165) is 24.8 Å². The van der Waals surface area contributed by atoms with Gasteiger partial charge in [0.05, 0.1) is 11.7 Å². The molecule has 0 N–H and O–H groups in total. The third kappa shape index (κ3) is 2.29. The molecular weight excluding hydrogens is 264 g/mol. The summed E-state index contributed by atoms with van der Waals surface area (Å²) in [6, 6.07) is 0. The molecule has 3 fully saturated rings. The van der Waals surface area contributed by atoms with Crippen LogP contribution in [0.3, 0.4) is 0 Å². The van der Waals surface area contributed by atoms with Crippen LogP contribution in [0.1, 0.15) is 60.3 Å². The highest BCUT2D eigenvalue weighted by atomic mass is 16.8. The predicted octanol–water partition coefficient (Wildman–Crippen LogP) is 3.87. The van der Waals surface area contributed by atoms with E-state index in [1.165, 1.54) is 0 Å². The van der Waals surface area contributed by atoms with Gasteiger partial charge in [0.25, 0.3) is 0 Å². The van der Waals surface area contributed by atoms with Crippen LogP contribution >= 0.6 is 0 Å². The quantitative estimate of drug-likeness (QED) is 0.688. The lowest BCUT2D eigenvalue weighted by atomic mass is 9.54. The fourth-order valence-corrected chi connectivity index (χ4v) is 4.76. The first-order valence-corrected chi connectivity index (χ1v) is 8.12. The summed E-state index contributed by atoms with van der Waals surface area (Å²) in [5, 5.41) is 0. The topological polar surface area (TPSA) is 35.5 Å². The maximum absolute atomic E-state index is 12.8.